The molecule has 2 unspecified atom stereocenters. The Bertz CT molecular complexity index is 293. The predicted octanol–water partition coefficient (Wildman–Crippen LogP) is 2.00. The molecule has 4 N–H and O–H groups in total. The maximum absolute atomic E-state index is 11.6. The summed E-state index contributed by atoms with van der Waals surface area (Å²) in [5.74, 6) is 0.458. The van der Waals surface area contributed by atoms with Crippen molar-refractivity contribution in [3.63, 3.8) is 0 Å². The van der Waals surface area contributed by atoms with E-state index < -0.39 is 5.97 Å². The molecule has 2 atom stereocenters. The number of hydrogen-bond donors (Lipinski definition) is 3. The van der Waals surface area contributed by atoms with Crippen LogP contribution in [0.5, 0.6) is 0 Å². The number of carbonyl (C=O) groups is 2. The van der Waals surface area contributed by atoms with Gasteiger partial charge < -0.3 is 16.2 Å². The second-order valence-corrected chi connectivity index (χ2v) is 5.95. The molecule has 0 saturated heterocycles. The van der Waals surface area contributed by atoms with Crippen molar-refractivity contribution in [3.05, 3.63) is 0 Å². The second kappa shape index (κ2) is 10.7. The summed E-state index contributed by atoms with van der Waals surface area (Å²) >= 11 is 0. The number of amides is 1. The lowest BCUT2D eigenvalue weighted by Crippen LogP contribution is -2.27. The summed E-state index contributed by atoms with van der Waals surface area (Å²) in [5, 5.41) is 11.6. The van der Waals surface area contributed by atoms with Crippen LogP contribution in [0.25, 0.3) is 0 Å². The van der Waals surface area contributed by atoms with E-state index in [0.717, 1.165) is 12.8 Å². The van der Waals surface area contributed by atoms with Gasteiger partial charge in [0.05, 0.1) is 0 Å². The highest BCUT2D eigenvalue weighted by Gasteiger charge is 2.15. The minimum absolute atomic E-state index is 0.0611. The number of rotatable bonds is 11. The van der Waals surface area contributed by atoms with Crippen molar-refractivity contribution in [2.75, 3.05) is 13.1 Å². The van der Waals surface area contributed by atoms with Crippen molar-refractivity contribution < 1.29 is 14.7 Å². The molecule has 0 aromatic heterocycles. The fourth-order valence-electron chi connectivity index (χ4n) is 2.10. The van der Waals surface area contributed by atoms with Gasteiger partial charge in [0.25, 0.3) is 0 Å². The molecule has 118 valence electrons. The van der Waals surface area contributed by atoms with Crippen LogP contribution in [0.3, 0.4) is 0 Å². The molecule has 5 heteroatoms. The van der Waals surface area contributed by atoms with Gasteiger partial charge in [0.15, 0.2) is 0 Å². The average Bonchev–Trinajstić information content (AvgIpc) is 2.38. The molecule has 0 heterocycles. The molecule has 1 amide bonds. The first-order valence-corrected chi connectivity index (χ1v) is 7.55. The third-order valence-electron chi connectivity index (χ3n) is 3.78. The van der Waals surface area contributed by atoms with Gasteiger partial charge in [-0.05, 0) is 43.6 Å². The van der Waals surface area contributed by atoms with Crippen LogP contribution in [0.15, 0.2) is 0 Å². The summed E-state index contributed by atoms with van der Waals surface area (Å²) in [6.45, 7) is 7.46. The molecule has 0 aliphatic heterocycles. The third-order valence-corrected chi connectivity index (χ3v) is 3.78. The van der Waals surface area contributed by atoms with Gasteiger partial charge in [-0.15, -0.1) is 0 Å². The summed E-state index contributed by atoms with van der Waals surface area (Å²) < 4.78 is 0. The first-order valence-electron chi connectivity index (χ1n) is 7.55. The Morgan fingerprint density at radius 3 is 2.25 bits per heavy atom. The van der Waals surface area contributed by atoms with Crippen molar-refractivity contribution in [1.29, 1.82) is 0 Å². The van der Waals surface area contributed by atoms with E-state index >= 15 is 0 Å². The summed E-state index contributed by atoms with van der Waals surface area (Å²) in [4.78, 5) is 22.2. The lowest BCUT2D eigenvalue weighted by molar-refractivity contribution is -0.137. The van der Waals surface area contributed by atoms with Crippen LogP contribution in [0.2, 0.25) is 0 Å². The van der Waals surface area contributed by atoms with E-state index in [1.807, 2.05) is 6.92 Å². The Hall–Kier alpha value is -1.10. The quantitative estimate of drug-likeness (QED) is 0.541. The lowest BCUT2D eigenvalue weighted by atomic mass is 9.88. The molecule has 0 spiro atoms. The number of nitrogens with two attached hydrogens (primary N) is 1. The van der Waals surface area contributed by atoms with Gasteiger partial charge >= 0.3 is 5.97 Å². The fraction of sp³-hybridized carbons (Fsp3) is 0.867. The smallest absolute Gasteiger partial charge is 0.303 e. The average molecular weight is 286 g/mol. The summed E-state index contributed by atoms with van der Waals surface area (Å²) in [7, 11) is 0. The largest absolute Gasteiger partial charge is 0.481 e. The summed E-state index contributed by atoms with van der Waals surface area (Å²) in [6, 6.07) is 0. The summed E-state index contributed by atoms with van der Waals surface area (Å²) in [6.07, 6.45) is 3.04. The third kappa shape index (κ3) is 9.78. The van der Waals surface area contributed by atoms with Crippen molar-refractivity contribution in [3.8, 4) is 0 Å². The highest BCUT2D eigenvalue weighted by atomic mass is 16.4. The molecule has 0 aromatic rings. The number of carboxylic acids is 1. The minimum atomic E-state index is -0.754. The molecule has 0 aromatic carbocycles. The number of aliphatic carboxylic acids is 1. The highest BCUT2D eigenvalue weighted by molar-refractivity contribution is 5.75. The molecular formula is C15H30N2O3. The van der Waals surface area contributed by atoms with E-state index in [-0.39, 0.29) is 12.3 Å². The van der Waals surface area contributed by atoms with Crippen LogP contribution in [0, 0.1) is 17.8 Å². The molecule has 0 fully saturated rings. The highest BCUT2D eigenvalue weighted by Crippen LogP contribution is 2.20. The van der Waals surface area contributed by atoms with E-state index in [0.29, 0.717) is 43.7 Å². The van der Waals surface area contributed by atoms with Gasteiger partial charge in [0.2, 0.25) is 5.91 Å². The van der Waals surface area contributed by atoms with E-state index in [2.05, 4.69) is 19.2 Å². The molecule has 20 heavy (non-hydrogen) atoms. The van der Waals surface area contributed by atoms with E-state index in [9.17, 15) is 9.59 Å². The van der Waals surface area contributed by atoms with Crippen LogP contribution in [-0.2, 0) is 9.59 Å². The van der Waals surface area contributed by atoms with Gasteiger partial charge in [0, 0.05) is 19.4 Å². The SMILES string of the molecule is CC(CN)CCC(=O)NCCC(CCC(=O)O)C(C)C. The summed E-state index contributed by atoms with van der Waals surface area (Å²) in [5.41, 5.74) is 5.51. The monoisotopic (exact) mass is 286 g/mol. The van der Waals surface area contributed by atoms with Gasteiger partial charge in [-0.3, -0.25) is 9.59 Å². The zero-order valence-corrected chi connectivity index (χ0v) is 13.0. The van der Waals surface area contributed by atoms with Crippen molar-refractivity contribution in [2.24, 2.45) is 23.5 Å². The molecule has 0 bridgehead atoms. The zero-order chi connectivity index (χ0) is 15.5. The van der Waals surface area contributed by atoms with Gasteiger partial charge in [-0.1, -0.05) is 20.8 Å². The molecule has 0 saturated carbocycles. The van der Waals surface area contributed by atoms with Gasteiger partial charge in [0.1, 0.15) is 0 Å². The molecule has 0 aliphatic rings. The Kier molecular flexibility index (Phi) is 10.1. The van der Waals surface area contributed by atoms with Crippen LogP contribution in [-0.4, -0.2) is 30.1 Å². The Morgan fingerprint density at radius 1 is 1.10 bits per heavy atom. The fourth-order valence-corrected chi connectivity index (χ4v) is 2.10. The van der Waals surface area contributed by atoms with Crippen molar-refractivity contribution >= 4 is 11.9 Å². The number of hydrogen-bond acceptors (Lipinski definition) is 3. The Balaban J connectivity index is 3.87. The van der Waals surface area contributed by atoms with Gasteiger partial charge in [-0.25, -0.2) is 0 Å². The van der Waals surface area contributed by atoms with Crippen LogP contribution < -0.4 is 11.1 Å². The molecule has 0 radical (unpaired) electrons. The standard InChI is InChI=1S/C15H30N2O3/c1-11(2)13(5-7-15(19)20)8-9-17-14(18)6-4-12(3)10-16/h11-13H,4-10,16H2,1-3H3,(H,17,18)(H,19,20). The normalized spacial score (nSPS) is 14.1. The van der Waals surface area contributed by atoms with E-state index in [1.165, 1.54) is 0 Å². The lowest BCUT2D eigenvalue weighted by Gasteiger charge is -2.20. The maximum Gasteiger partial charge on any atom is 0.303 e. The van der Waals surface area contributed by atoms with E-state index in [4.69, 9.17) is 10.8 Å². The molecule has 0 rings (SSSR count). The Morgan fingerprint density at radius 2 is 1.75 bits per heavy atom. The van der Waals surface area contributed by atoms with Crippen LogP contribution in [0.4, 0.5) is 0 Å². The van der Waals surface area contributed by atoms with Crippen molar-refractivity contribution in [1.82, 2.24) is 5.32 Å². The number of carbonyl (C=O) groups excluding carboxylic acids is 1. The molecular weight excluding hydrogens is 256 g/mol. The topological polar surface area (TPSA) is 92.4 Å². The van der Waals surface area contributed by atoms with Crippen LogP contribution >= 0.6 is 0 Å². The molecule has 0 aliphatic carbocycles. The second-order valence-electron chi connectivity index (χ2n) is 5.95. The Labute approximate surface area is 122 Å². The van der Waals surface area contributed by atoms with E-state index in [1.54, 1.807) is 0 Å². The zero-order valence-electron chi connectivity index (χ0n) is 13.0. The van der Waals surface area contributed by atoms with Gasteiger partial charge in [-0.2, -0.15) is 0 Å². The first-order chi connectivity index (χ1) is 9.36. The molecule has 5 nitrogen and oxygen atoms in total. The number of carboxylic acid groups (broad SMARTS) is 1. The first kappa shape index (κ1) is 18.9. The van der Waals surface area contributed by atoms with Crippen LogP contribution in [0.1, 0.15) is 52.9 Å². The number of nitrogens with one attached hydrogen (secondary N) is 1. The van der Waals surface area contributed by atoms with Crippen molar-refractivity contribution in [2.45, 2.75) is 52.9 Å². The minimum Gasteiger partial charge on any atom is -0.481 e. The maximum atomic E-state index is 11.6. The predicted molar refractivity (Wildman–Crippen MR) is 80.3 cm³/mol.